The van der Waals surface area contributed by atoms with Crippen LogP contribution >= 0.6 is 22.6 Å². The lowest BCUT2D eigenvalue weighted by atomic mass is 10.1. The van der Waals surface area contributed by atoms with Crippen LogP contribution in [0.15, 0.2) is 12.1 Å². The van der Waals surface area contributed by atoms with Crippen LogP contribution in [0.25, 0.3) is 10.9 Å². The molecule has 0 aliphatic carbocycles. The van der Waals surface area contributed by atoms with Crippen molar-refractivity contribution in [2.75, 3.05) is 14.2 Å². The molecule has 2 aromatic rings. The number of benzene rings is 1. The molecule has 2 rings (SSSR count). The van der Waals surface area contributed by atoms with Gasteiger partial charge in [-0.2, -0.15) is 0 Å². The Balaban J connectivity index is 2.80. The first-order valence-corrected chi connectivity index (χ1v) is 6.85. The molecule has 0 atom stereocenters. The summed E-state index contributed by atoms with van der Waals surface area (Å²) in [6.45, 7) is 1.78. The van der Waals surface area contributed by atoms with Crippen molar-refractivity contribution < 1.29 is 14.2 Å². The zero-order valence-electron chi connectivity index (χ0n) is 10.4. The van der Waals surface area contributed by atoms with Gasteiger partial charge in [-0.15, -0.1) is 0 Å². The number of methoxy groups -OCH3 is 2. The molecule has 5 nitrogen and oxygen atoms in total. The van der Waals surface area contributed by atoms with Crippen LogP contribution < -0.4 is 14.2 Å². The Morgan fingerprint density at radius 3 is 2.44 bits per heavy atom. The first-order valence-electron chi connectivity index (χ1n) is 5.33. The normalized spacial score (nSPS) is 10.7. The standard InChI is InChI=1S/C12H13IN2O3/c1-7-8-4-10(17-2)11(18-3)5-9(8)14-12(6-13)15(7)16/h4-5H,6H2,1-3H3. The highest BCUT2D eigenvalue weighted by Crippen LogP contribution is 2.32. The van der Waals surface area contributed by atoms with E-state index in [1.807, 2.05) is 0 Å². The third-order valence-corrected chi connectivity index (χ3v) is 3.48. The van der Waals surface area contributed by atoms with Crippen molar-refractivity contribution in [2.24, 2.45) is 0 Å². The van der Waals surface area contributed by atoms with Gasteiger partial charge in [0.25, 0.3) is 0 Å². The molecule has 1 aromatic carbocycles. The van der Waals surface area contributed by atoms with E-state index in [0.717, 1.165) is 15.6 Å². The minimum atomic E-state index is 0.493. The van der Waals surface area contributed by atoms with Crippen LogP contribution in [0.2, 0.25) is 0 Å². The molecule has 1 aromatic heterocycles. The minimum Gasteiger partial charge on any atom is -0.711 e. The Kier molecular flexibility index (Phi) is 3.74. The molecule has 0 radical (unpaired) electrons. The molecular weight excluding hydrogens is 347 g/mol. The second-order valence-electron chi connectivity index (χ2n) is 3.77. The first kappa shape index (κ1) is 13.1. The SMILES string of the molecule is COc1cc2nc(CI)[n+]([O-])c(C)c2cc1OC. The summed E-state index contributed by atoms with van der Waals surface area (Å²) in [5.74, 6) is 1.70. The van der Waals surface area contributed by atoms with Gasteiger partial charge < -0.3 is 14.7 Å². The summed E-state index contributed by atoms with van der Waals surface area (Å²) in [6, 6.07) is 3.57. The Hall–Kier alpha value is -1.31. The van der Waals surface area contributed by atoms with E-state index in [2.05, 4.69) is 27.6 Å². The smallest absolute Gasteiger partial charge is 0.312 e. The van der Waals surface area contributed by atoms with Gasteiger partial charge in [0.15, 0.2) is 17.0 Å². The lowest BCUT2D eigenvalue weighted by molar-refractivity contribution is -0.621. The van der Waals surface area contributed by atoms with Crippen molar-refractivity contribution in [3.8, 4) is 11.5 Å². The maximum atomic E-state index is 11.9. The van der Waals surface area contributed by atoms with Gasteiger partial charge in [0.2, 0.25) is 0 Å². The molecule has 96 valence electrons. The Bertz CT molecular complexity index is 602. The van der Waals surface area contributed by atoms with Gasteiger partial charge in [0.1, 0.15) is 10.1 Å². The van der Waals surface area contributed by atoms with Crippen LogP contribution in [-0.2, 0) is 4.43 Å². The highest BCUT2D eigenvalue weighted by Gasteiger charge is 2.17. The van der Waals surface area contributed by atoms with Crippen LogP contribution in [0.4, 0.5) is 0 Å². The summed E-state index contributed by atoms with van der Waals surface area (Å²) < 4.78 is 11.9. The molecule has 1 heterocycles. The van der Waals surface area contributed by atoms with Gasteiger partial charge >= 0.3 is 5.82 Å². The number of aryl methyl sites for hydroxylation is 1. The largest absolute Gasteiger partial charge is 0.711 e. The van der Waals surface area contributed by atoms with E-state index < -0.39 is 0 Å². The van der Waals surface area contributed by atoms with Crippen molar-refractivity contribution >= 4 is 33.5 Å². The van der Waals surface area contributed by atoms with E-state index in [1.165, 1.54) is 0 Å². The fourth-order valence-corrected chi connectivity index (χ4v) is 2.30. The van der Waals surface area contributed by atoms with Gasteiger partial charge in [-0.3, -0.25) is 0 Å². The van der Waals surface area contributed by atoms with Crippen molar-refractivity contribution in [3.05, 3.63) is 28.9 Å². The summed E-state index contributed by atoms with van der Waals surface area (Å²) >= 11 is 2.12. The zero-order chi connectivity index (χ0) is 13.3. The molecule has 6 heteroatoms. The molecule has 0 bridgehead atoms. The molecule has 18 heavy (non-hydrogen) atoms. The lowest BCUT2D eigenvalue weighted by Gasteiger charge is -2.12. The lowest BCUT2D eigenvalue weighted by Crippen LogP contribution is -2.36. The number of fused-ring (bicyclic) bond motifs is 1. The Morgan fingerprint density at radius 1 is 1.28 bits per heavy atom. The van der Waals surface area contributed by atoms with Crippen LogP contribution in [-0.4, -0.2) is 19.2 Å². The number of rotatable bonds is 3. The highest BCUT2D eigenvalue weighted by molar-refractivity contribution is 14.1. The second kappa shape index (κ2) is 5.13. The van der Waals surface area contributed by atoms with Gasteiger partial charge in [0.05, 0.1) is 19.6 Å². The first-order chi connectivity index (χ1) is 8.62. The molecule has 0 saturated carbocycles. The molecule has 0 aliphatic rings. The number of halogens is 1. The van der Waals surface area contributed by atoms with Gasteiger partial charge in [-0.1, -0.05) is 22.6 Å². The number of hydrogen-bond donors (Lipinski definition) is 0. The number of aromatic nitrogens is 2. The van der Waals surface area contributed by atoms with E-state index in [4.69, 9.17) is 9.47 Å². The molecule has 0 N–H and O–H groups in total. The predicted molar refractivity (Wildman–Crippen MR) is 76.3 cm³/mol. The maximum absolute atomic E-state index is 11.9. The maximum Gasteiger partial charge on any atom is 0.312 e. The quantitative estimate of drug-likeness (QED) is 0.364. The van der Waals surface area contributed by atoms with Crippen LogP contribution in [0.5, 0.6) is 11.5 Å². The summed E-state index contributed by atoms with van der Waals surface area (Å²) in [4.78, 5) is 4.35. The predicted octanol–water partition coefficient (Wildman–Crippen LogP) is 2.13. The molecular formula is C12H13IN2O3. The van der Waals surface area contributed by atoms with Crippen LogP contribution in [0, 0.1) is 12.1 Å². The number of ether oxygens (including phenoxy) is 2. The fraction of sp³-hybridized carbons (Fsp3) is 0.333. The van der Waals surface area contributed by atoms with E-state index in [0.29, 0.717) is 27.4 Å². The van der Waals surface area contributed by atoms with E-state index in [-0.39, 0.29) is 0 Å². The summed E-state index contributed by atoms with van der Waals surface area (Å²) in [5, 5.41) is 12.7. The summed E-state index contributed by atoms with van der Waals surface area (Å²) in [6.07, 6.45) is 0. The number of alkyl halides is 1. The summed E-state index contributed by atoms with van der Waals surface area (Å²) in [7, 11) is 3.14. The van der Waals surface area contributed by atoms with Crippen molar-refractivity contribution in [1.29, 1.82) is 0 Å². The zero-order valence-corrected chi connectivity index (χ0v) is 12.5. The fourth-order valence-electron chi connectivity index (χ4n) is 1.82. The van der Waals surface area contributed by atoms with Gasteiger partial charge in [-0.05, 0) is 18.0 Å². The van der Waals surface area contributed by atoms with Gasteiger partial charge in [0, 0.05) is 6.07 Å². The second-order valence-corrected chi connectivity index (χ2v) is 4.53. The average Bonchev–Trinajstić information content (AvgIpc) is 2.41. The number of hydrogen-bond acceptors (Lipinski definition) is 4. The molecule has 0 aliphatic heterocycles. The Labute approximate surface area is 118 Å². The molecule has 0 spiro atoms. The topological polar surface area (TPSA) is 58.3 Å². The molecule has 0 amide bonds. The highest BCUT2D eigenvalue weighted by atomic mass is 127. The van der Waals surface area contributed by atoms with E-state index in [9.17, 15) is 5.21 Å². The molecule has 0 unspecified atom stereocenters. The van der Waals surface area contributed by atoms with Gasteiger partial charge in [-0.25, -0.2) is 4.73 Å². The summed E-state index contributed by atoms with van der Waals surface area (Å²) in [5.41, 5.74) is 1.36. The molecule has 0 saturated heterocycles. The van der Waals surface area contributed by atoms with Crippen molar-refractivity contribution in [1.82, 2.24) is 4.98 Å². The van der Waals surface area contributed by atoms with E-state index >= 15 is 0 Å². The average molecular weight is 360 g/mol. The third-order valence-electron chi connectivity index (χ3n) is 2.80. The van der Waals surface area contributed by atoms with Crippen LogP contribution in [0.3, 0.4) is 0 Å². The third kappa shape index (κ3) is 2.05. The van der Waals surface area contributed by atoms with Crippen molar-refractivity contribution in [2.45, 2.75) is 11.4 Å². The minimum absolute atomic E-state index is 0.493. The van der Waals surface area contributed by atoms with Crippen LogP contribution in [0.1, 0.15) is 11.5 Å². The van der Waals surface area contributed by atoms with Crippen molar-refractivity contribution in [3.63, 3.8) is 0 Å². The van der Waals surface area contributed by atoms with E-state index in [1.54, 1.807) is 33.3 Å². The number of nitrogens with zero attached hydrogens (tertiary/aromatic N) is 2. The Morgan fingerprint density at radius 2 is 1.89 bits per heavy atom. The monoisotopic (exact) mass is 360 g/mol. The molecule has 0 fully saturated rings.